The van der Waals surface area contributed by atoms with Crippen LogP contribution in [-0.4, -0.2) is 0 Å². The van der Waals surface area contributed by atoms with Gasteiger partial charge in [-0.15, -0.1) is 0 Å². The Morgan fingerprint density at radius 1 is 0.500 bits per heavy atom. The smallest absolute Gasteiger partial charge is 0.0159 e. The van der Waals surface area contributed by atoms with Crippen molar-refractivity contribution in [2.75, 3.05) is 0 Å². The molecule has 0 heterocycles. The standard InChI is InChI=1S/C38H30/c1-25-20-22-29-28(23-21-26-12-5-4-6-13-26)27-14-7-8-15-30(27)36(33(29)24-25)32-17-11-19-35-37(32)31-16-9-10-18-34(31)38(35,2)3/h4-24H,1-3H3/b23-21+. The minimum absolute atomic E-state index is 0.0260. The van der Waals surface area contributed by atoms with Gasteiger partial charge >= 0.3 is 0 Å². The van der Waals surface area contributed by atoms with Crippen LogP contribution in [0.2, 0.25) is 0 Å². The molecule has 38 heavy (non-hydrogen) atoms. The molecule has 0 aliphatic heterocycles. The molecule has 182 valence electrons. The Labute approximate surface area is 224 Å². The van der Waals surface area contributed by atoms with Crippen LogP contribution in [0.5, 0.6) is 0 Å². The van der Waals surface area contributed by atoms with E-state index in [1.165, 1.54) is 71.6 Å². The van der Waals surface area contributed by atoms with E-state index in [4.69, 9.17) is 0 Å². The predicted molar refractivity (Wildman–Crippen MR) is 165 cm³/mol. The average Bonchev–Trinajstić information content (AvgIpc) is 3.18. The summed E-state index contributed by atoms with van der Waals surface area (Å²) in [5, 5.41) is 5.19. The zero-order valence-corrected chi connectivity index (χ0v) is 22.1. The minimum atomic E-state index is -0.0260. The summed E-state index contributed by atoms with van der Waals surface area (Å²) in [4.78, 5) is 0. The van der Waals surface area contributed by atoms with Gasteiger partial charge in [-0.25, -0.2) is 0 Å². The van der Waals surface area contributed by atoms with Gasteiger partial charge in [0.05, 0.1) is 0 Å². The number of aryl methyl sites for hydroxylation is 1. The van der Waals surface area contributed by atoms with Crippen molar-refractivity contribution >= 4 is 33.7 Å². The summed E-state index contributed by atoms with van der Waals surface area (Å²) in [7, 11) is 0. The number of fused-ring (bicyclic) bond motifs is 5. The molecule has 0 fully saturated rings. The summed E-state index contributed by atoms with van der Waals surface area (Å²) < 4.78 is 0. The highest BCUT2D eigenvalue weighted by Gasteiger charge is 2.36. The second-order valence-corrected chi connectivity index (χ2v) is 11.0. The van der Waals surface area contributed by atoms with E-state index in [2.05, 4.69) is 148 Å². The highest BCUT2D eigenvalue weighted by Crippen LogP contribution is 2.53. The third-order valence-corrected chi connectivity index (χ3v) is 8.34. The van der Waals surface area contributed by atoms with Crippen LogP contribution in [0.4, 0.5) is 0 Å². The van der Waals surface area contributed by atoms with E-state index in [-0.39, 0.29) is 5.41 Å². The maximum absolute atomic E-state index is 2.38. The first-order valence-electron chi connectivity index (χ1n) is 13.5. The molecule has 0 radical (unpaired) electrons. The second kappa shape index (κ2) is 8.57. The maximum atomic E-state index is 2.38. The molecule has 1 aliphatic carbocycles. The molecule has 0 saturated carbocycles. The van der Waals surface area contributed by atoms with Crippen LogP contribution in [0.15, 0.2) is 115 Å². The third kappa shape index (κ3) is 3.37. The van der Waals surface area contributed by atoms with E-state index < -0.39 is 0 Å². The Morgan fingerprint density at radius 2 is 1.16 bits per heavy atom. The van der Waals surface area contributed by atoms with E-state index in [9.17, 15) is 0 Å². The van der Waals surface area contributed by atoms with Gasteiger partial charge in [0.1, 0.15) is 0 Å². The highest BCUT2D eigenvalue weighted by atomic mass is 14.4. The summed E-state index contributed by atoms with van der Waals surface area (Å²) in [6.07, 6.45) is 4.53. The quantitative estimate of drug-likeness (QED) is 0.172. The lowest BCUT2D eigenvalue weighted by Crippen LogP contribution is -2.14. The molecule has 0 aromatic heterocycles. The molecule has 0 amide bonds. The predicted octanol–water partition coefficient (Wildman–Crippen LogP) is 10.4. The summed E-state index contributed by atoms with van der Waals surface area (Å²) in [6.45, 7) is 6.92. The molecule has 7 rings (SSSR count). The monoisotopic (exact) mass is 486 g/mol. The Balaban J connectivity index is 1.60. The van der Waals surface area contributed by atoms with Gasteiger partial charge in [0.2, 0.25) is 0 Å². The molecule has 0 bridgehead atoms. The molecule has 0 nitrogen and oxygen atoms in total. The molecule has 6 aromatic carbocycles. The zero-order valence-electron chi connectivity index (χ0n) is 22.1. The van der Waals surface area contributed by atoms with Gasteiger partial charge < -0.3 is 0 Å². The Hall–Kier alpha value is -4.42. The highest BCUT2D eigenvalue weighted by molar-refractivity contribution is 6.20. The SMILES string of the molecule is Cc1ccc2c(/C=C/c3ccccc3)c3ccccc3c(-c3cccc4c3-c3ccccc3C4(C)C)c2c1. The van der Waals surface area contributed by atoms with Crippen molar-refractivity contribution in [1.82, 2.24) is 0 Å². The van der Waals surface area contributed by atoms with Crippen LogP contribution in [0.1, 0.15) is 41.7 Å². The summed E-state index contributed by atoms with van der Waals surface area (Å²) in [5.41, 5.74) is 12.0. The van der Waals surface area contributed by atoms with Crippen LogP contribution in [0.3, 0.4) is 0 Å². The van der Waals surface area contributed by atoms with Crippen LogP contribution in [0, 0.1) is 6.92 Å². The van der Waals surface area contributed by atoms with E-state index in [1.54, 1.807) is 0 Å². The van der Waals surface area contributed by atoms with Gasteiger partial charge in [-0.3, -0.25) is 0 Å². The van der Waals surface area contributed by atoms with Crippen molar-refractivity contribution in [2.45, 2.75) is 26.2 Å². The van der Waals surface area contributed by atoms with Gasteiger partial charge in [0.15, 0.2) is 0 Å². The molecule has 0 spiro atoms. The number of hydrogen-bond acceptors (Lipinski definition) is 0. The largest absolute Gasteiger partial charge is 0.0622 e. The van der Waals surface area contributed by atoms with Gasteiger partial charge in [-0.05, 0) is 73.0 Å². The van der Waals surface area contributed by atoms with E-state index >= 15 is 0 Å². The van der Waals surface area contributed by atoms with Crippen molar-refractivity contribution in [3.05, 3.63) is 143 Å². The molecule has 0 saturated heterocycles. The normalized spacial score (nSPS) is 13.8. The van der Waals surface area contributed by atoms with Crippen molar-refractivity contribution in [3.8, 4) is 22.3 Å². The van der Waals surface area contributed by atoms with Crippen LogP contribution >= 0.6 is 0 Å². The Bertz CT molecular complexity index is 1880. The molecule has 0 atom stereocenters. The summed E-state index contributed by atoms with van der Waals surface area (Å²) in [6, 6.07) is 42.3. The zero-order chi connectivity index (χ0) is 25.9. The van der Waals surface area contributed by atoms with Crippen molar-refractivity contribution in [3.63, 3.8) is 0 Å². The van der Waals surface area contributed by atoms with Gasteiger partial charge in [-0.1, -0.05) is 147 Å². The van der Waals surface area contributed by atoms with Gasteiger partial charge in [0.25, 0.3) is 0 Å². The van der Waals surface area contributed by atoms with Crippen LogP contribution in [0.25, 0.3) is 56.0 Å². The first-order valence-corrected chi connectivity index (χ1v) is 13.5. The first-order chi connectivity index (χ1) is 18.5. The maximum Gasteiger partial charge on any atom is 0.0159 e. The van der Waals surface area contributed by atoms with E-state index in [0.717, 1.165) is 0 Å². The molecule has 0 unspecified atom stereocenters. The fourth-order valence-corrected chi connectivity index (χ4v) is 6.50. The molecule has 0 heteroatoms. The Kier molecular flexibility index (Phi) is 5.13. The molecule has 0 N–H and O–H groups in total. The van der Waals surface area contributed by atoms with E-state index in [0.29, 0.717) is 0 Å². The lowest BCUT2D eigenvalue weighted by molar-refractivity contribution is 0.660. The van der Waals surface area contributed by atoms with Gasteiger partial charge in [-0.2, -0.15) is 0 Å². The van der Waals surface area contributed by atoms with E-state index in [1.807, 2.05) is 0 Å². The lowest BCUT2D eigenvalue weighted by Gasteiger charge is -2.22. The van der Waals surface area contributed by atoms with Crippen molar-refractivity contribution in [2.24, 2.45) is 0 Å². The van der Waals surface area contributed by atoms with Crippen LogP contribution < -0.4 is 0 Å². The summed E-state index contributed by atoms with van der Waals surface area (Å²) in [5.74, 6) is 0. The molecule has 6 aromatic rings. The fourth-order valence-electron chi connectivity index (χ4n) is 6.50. The average molecular weight is 487 g/mol. The number of rotatable bonds is 3. The minimum Gasteiger partial charge on any atom is -0.0622 e. The summed E-state index contributed by atoms with van der Waals surface area (Å²) >= 11 is 0. The van der Waals surface area contributed by atoms with Gasteiger partial charge in [0, 0.05) is 5.41 Å². The van der Waals surface area contributed by atoms with Crippen molar-refractivity contribution < 1.29 is 0 Å². The third-order valence-electron chi connectivity index (χ3n) is 8.34. The van der Waals surface area contributed by atoms with Crippen molar-refractivity contribution in [1.29, 1.82) is 0 Å². The number of benzene rings is 6. The fraction of sp³-hybridized carbons (Fsp3) is 0.105. The van der Waals surface area contributed by atoms with Crippen LogP contribution in [-0.2, 0) is 5.41 Å². The first kappa shape index (κ1) is 22.8. The Morgan fingerprint density at radius 3 is 2.00 bits per heavy atom. The molecular weight excluding hydrogens is 456 g/mol. The molecular formula is C38H30. The lowest BCUT2D eigenvalue weighted by atomic mass is 9.81. The molecule has 1 aliphatic rings. The topological polar surface area (TPSA) is 0 Å². The number of hydrogen-bond donors (Lipinski definition) is 0. The second-order valence-electron chi connectivity index (χ2n) is 11.0.